The molecule has 2 rings (SSSR count). The van der Waals surface area contributed by atoms with Gasteiger partial charge in [-0.05, 0) is 25.8 Å². The molecule has 1 aromatic rings. The molecule has 1 saturated heterocycles. The van der Waals surface area contributed by atoms with Gasteiger partial charge >= 0.3 is 5.97 Å². The van der Waals surface area contributed by atoms with Crippen LogP contribution in [-0.2, 0) is 9.47 Å². The third-order valence-electron chi connectivity index (χ3n) is 2.78. The molecule has 0 aliphatic carbocycles. The number of aryl methyl sites for hydroxylation is 1. The zero-order valence-corrected chi connectivity index (χ0v) is 9.40. The van der Waals surface area contributed by atoms with Crippen molar-refractivity contribution in [3.8, 4) is 0 Å². The summed E-state index contributed by atoms with van der Waals surface area (Å²) in [5.74, 6) is 0.284. The van der Waals surface area contributed by atoms with E-state index in [4.69, 9.17) is 13.9 Å². The number of carbonyl (C=O) groups is 1. The first kappa shape index (κ1) is 11.2. The number of esters is 1. The maximum Gasteiger partial charge on any atom is 0.341 e. The molecule has 0 aromatic carbocycles. The second-order valence-electron chi connectivity index (χ2n) is 3.95. The molecule has 1 aromatic heterocycles. The molecule has 0 N–H and O–H groups in total. The van der Waals surface area contributed by atoms with Gasteiger partial charge in [0.1, 0.15) is 11.3 Å². The number of furan rings is 1. The van der Waals surface area contributed by atoms with Crippen molar-refractivity contribution >= 4 is 5.97 Å². The highest BCUT2D eigenvalue weighted by Crippen LogP contribution is 2.16. The van der Waals surface area contributed by atoms with Crippen LogP contribution in [0.1, 0.15) is 35.4 Å². The van der Waals surface area contributed by atoms with Gasteiger partial charge in [0, 0.05) is 13.0 Å². The minimum absolute atomic E-state index is 0.262. The van der Waals surface area contributed by atoms with Gasteiger partial charge in [-0.3, -0.25) is 0 Å². The number of carbonyl (C=O) groups excluding carboxylic acids is 1. The Balaban J connectivity index is 1.73. The van der Waals surface area contributed by atoms with E-state index >= 15 is 0 Å². The van der Waals surface area contributed by atoms with Crippen molar-refractivity contribution < 1.29 is 18.7 Å². The molecule has 1 aliphatic rings. The highest BCUT2D eigenvalue weighted by atomic mass is 16.5. The predicted molar refractivity (Wildman–Crippen MR) is 57.3 cm³/mol. The highest BCUT2D eigenvalue weighted by molar-refractivity contribution is 5.90. The second kappa shape index (κ2) is 5.16. The van der Waals surface area contributed by atoms with E-state index in [-0.39, 0.29) is 12.1 Å². The average molecular weight is 224 g/mol. The van der Waals surface area contributed by atoms with Crippen LogP contribution in [0.5, 0.6) is 0 Å². The lowest BCUT2D eigenvalue weighted by Crippen LogP contribution is -2.13. The lowest BCUT2D eigenvalue weighted by Gasteiger charge is -2.09. The van der Waals surface area contributed by atoms with E-state index < -0.39 is 0 Å². The molecule has 0 spiro atoms. The Bertz CT molecular complexity index is 350. The van der Waals surface area contributed by atoms with Gasteiger partial charge in [-0.2, -0.15) is 0 Å². The van der Waals surface area contributed by atoms with E-state index in [2.05, 4.69) is 0 Å². The topological polar surface area (TPSA) is 48.7 Å². The summed E-state index contributed by atoms with van der Waals surface area (Å²) >= 11 is 0. The normalized spacial score (nSPS) is 19.9. The zero-order chi connectivity index (χ0) is 11.4. The third-order valence-corrected chi connectivity index (χ3v) is 2.78. The fraction of sp³-hybridized carbons (Fsp3) is 0.583. The van der Waals surface area contributed by atoms with E-state index in [1.165, 1.54) is 6.26 Å². The fourth-order valence-corrected chi connectivity index (χ4v) is 1.83. The Morgan fingerprint density at radius 3 is 3.12 bits per heavy atom. The minimum atomic E-state index is -0.316. The molecule has 88 valence electrons. The van der Waals surface area contributed by atoms with E-state index in [1.807, 2.05) is 0 Å². The molecular weight excluding hydrogens is 208 g/mol. The SMILES string of the molecule is Cc1occc1C(=O)OCCC1CCCO1. The van der Waals surface area contributed by atoms with Crippen molar-refractivity contribution in [3.05, 3.63) is 23.7 Å². The van der Waals surface area contributed by atoms with Gasteiger partial charge in [0.2, 0.25) is 0 Å². The Labute approximate surface area is 94.5 Å². The van der Waals surface area contributed by atoms with Crippen LogP contribution in [0.3, 0.4) is 0 Å². The van der Waals surface area contributed by atoms with Gasteiger partial charge in [-0.1, -0.05) is 0 Å². The summed E-state index contributed by atoms with van der Waals surface area (Å²) in [6.45, 7) is 2.99. The summed E-state index contributed by atoms with van der Waals surface area (Å²) in [6.07, 6.45) is 4.72. The molecular formula is C12H16O4. The van der Waals surface area contributed by atoms with E-state index in [1.54, 1.807) is 13.0 Å². The first-order valence-electron chi connectivity index (χ1n) is 5.60. The second-order valence-corrected chi connectivity index (χ2v) is 3.95. The van der Waals surface area contributed by atoms with E-state index in [9.17, 15) is 4.79 Å². The molecule has 16 heavy (non-hydrogen) atoms. The number of rotatable bonds is 4. The monoisotopic (exact) mass is 224 g/mol. The van der Waals surface area contributed by atoms with Crippen LogP contribution < -0.4 is 0 Å². The predicted octanol–water partition coefficient (Wildman–Crippen LogP) is 2.31. The minimum Gasteiger partial charge on any atom is -0.469 e. The van der Waals surface area contributed by atoms with Crippen LogP contribution in [-0.4, -0.2) is 25.3 Å². The summed E-state index contributed by atoms with van der Waals surface area (Å²) in [7, 11) is 0. The summed E-state index contributed by atoms with van der Waals surface area (Å²) in [5.41, 5.74) is 0.507. The highest BCUT2D eigenvalue weighted by Gasteiger charge is 2.17. The van der Waals surface area contributed by atoms with Crippen LogP contribution in [0.15, 0.2) is 16.7 Å². The summed E-state index contributed by atoms with van der Waals surface area (Å²) in [4.78, 5) is 11.6. The van der Waals surface area contributed by atoms with Crippen LogP contribution in [0, 0.1) is 6.92 Å². The van der Waals surface area contributed by atoms with Crippen molar-refractivity contribution in [2.24, 2.45) is 0 Å². The van der Waals surface area contributed by atoms with Gasteiger partial charge in [-0.15, -0.1) is 0 Å². The van der Waals surface area contributed by atoms with E-state index in [0.717, 1.165) is 25.9 Å². The molecule has 1 fully saturated rings. The van der Waals surface area contributed by atoms with Crippen LogP contribution >= 0.6 is 0 Å². The Kier molecular flexibility index (Phi) is 3.62. The number of ether oxygens (including phenoxy) is 2. The molecule has 0 saturated carbocycles. The maximum atomic E-state index is 11.6. The van der Waals surface area contributed by atoms with Crippen LogP contribution in [0.4, 0.5) is 0 Å². The maximum absolute atomic E-state index is 11.6. The first-order valence-corrected chi connectivity index (χ1v) is 5.60. The van der Waals surface area contributed by atoms with Crippen molar-refractivity contribution in [1.29, 1.82) is 0 Å². The largest absolute Gasteiger partial charge is 0.469 e. The van der Waals surface area contributed by atoms with Gasteiger partial charge in [-0.25, -0.2) is 4.79 Å². The van der Waals surface area contributed by atoms with Crippen molar-refractivity contribution in [1.82, 2.24) is 0 Å². The summed E-state index contributed by atoms with van der Waals surface area (Å²) in [6, 6.07) is 1.63. The fourth-order valence-electron chi connectivity index (χ4n) is 1.83. The van der Waals surface area contributed by atoms with Gasteiger partial charge < -0.3 is 13.9 Å². The molecule has 1 aliphatic heterocycles. The number of hydrogen-bond donors (Lipinski definition) is 0. The number of hydrogen-bond acceptors (Lipinski definition) is 4. The van der Waals surface area contributed by atoms with Crippen LogP contribution in [0.2, 0.25) is 0 Å². The Morgan fingerprint density at radius 1 is 1.62 bits per heavy atom. The molecule has 0 bridgehead atoms. The first-order chi connectivity index (χ1) is 7.77. The van der Waals surface area contributed by atoms with Gasteiger partial charge in [0.15, 0.2) is 0 Å². The molecule has 2 heterocycles. The lowest BCUT2D eigenvalue weighted by molar-refractivity contribution is 0.0384. The smallest absolute Gasteiger partial charge is 0.341 e. The molecule has 4 heteroatoms. The third kappa shape index (κ3) is 2.64. The molecule has 1 unspecified atom stereocenters. The van der Waals surface area contributed by atoms with Gasteiger partial charge in [0.05, 0.1) is 19.0 Å². The quantitative estimate of drug-likeness (QED) is 0.736. The summed E-state index contributed by atoms with van der Waals surface area (Å²) < 4.78 is 15.6. The molecule has 0 amide bonds. The standard InChI is InChI=1S/C12H16O4/c1-9-11(5-8-14-9)12(13)16-7-4-10-3-2-6-15-10/h5,8,10H,2-4,6-7H2,1H3. The lowest BCUT2D eigenvalue weighted by atomic mass is 10.2. The average Bonchev–Trinajstić information content (AvgIpc) is 2.88. The summed E-state index contributed by atoms with van der Waals surface area (Å²) in [5, 5.41) is 0. The van der Waals surface area contributed by atoms with Crippen molar-refractivity contribution in [2.75, 3.05) is 13.2 Å². The molecule has 1 atom stereocenters. The Morgan fingerprint density at radius 2 is 2.50 bits per heavy atom. The zero-order valence-electron chi connectivity index (χ0n) is 9.40. The Hall–Kier alpha value is -1.29. The molecule has 0 radical (unpaired) electrons. The van der Waals surface area contributed by atoms with Crippen molar-refractivity contribution in [2.45, 2.75) is 32.3 Å². The van der Waals surface area contributed by atoms with E-state index in [0.29, 0.717) is 17.9 Å². The van der Waals surface area contributed by atoms with Gasteiger partial charge in [0.25, 0.3) is 0 Å². The van der Waals surface area contributed by atoms with Crippen LogP contribution in [0.25, 0.3) is 0 Å². The molecule has 4 nitrogen and oxygen atoms in total. The van der Waals surface area contributed by atoms with Crippen molar-refractivity contribution in [3.63, 3.8) is 0 Å².